The number of phenols is 1. The fourth-order valence-corrected chi connectivity index (χ4v) is 0.663. The molecule has 0 aromatic heterocycles. The van der Waals surface area contributed by atoms with Crippen LogP contribution in [0.4, 0.5) is 0 Å². The predicted octanol–water partition coefficient (Wildman–Crippen LogP) is 1.74. The lowest BCUT2D eigenvalue weighted by atomic mass is 10.3. The van der Waals surface area contributed by atoms with Crippen molar-refractivity contribution in [2.24, 2.45) is 0 Å². The zero-order valence-corrected chi connectivity index (χ0v) is 10.5. The maximum atomic E-state index is 8.63. The molecule has 0 unspecified atom stereocenters. The highest BCUT2D eigenvalue weighted by Crippen LogP contribution is 2.02. The number of hydrogen-bond donors (Lipinski definition) is 3. The van der Waals surface area contributed by atoms with Crippen LogP contribution < -0.4 is 0 Å². The molecule has 0 fully saturated rings. The first-order chi connectivity index (χ1) is 8.72. The fraction of sp³-hybridized carbons (Fsp3) is 0.286. The van der Waals surface area contributed by atoms with Gasteiger partial charge in [0.1, 0.15) is 5.75 Å². The van der Waals surface area contributed by atoms with Crippen LogP contribution in [-0.4, -0.2) is 41.7 Å². The van der Waals surface area contributed by atoms with Crippen molar-refractivity contribution in [3.05, 3.63) is 55.6 Å². The van der Waals surface area contributed by atoms with Crippen molar-refractivity contribution in [3.8, 4) is 5.75 Å². The molecule has 4 nitrogen and oxygen atoms in total. The van der Waals surface area contributed by atoms with Gasteiger partial charge >= 0.3 is 0 Å². The van der Waals surface area contributed by atoms with Crippen LogP contribution >= 0.6 is 0 Å². The normalized spacial score (nSPS) is 8.11. The van der Waals surface area contributed by atoms with Gasteiger partial charge in [0.25, 0.3) is 0 Å². The molecular weight excluding hydrogens is 232 g/mol. The Morgan fingerprint density at radius 2 is 1.39 bits per heavy atom. The molecule has 0 saturated carbocycles. The average molecular weight is 254 g/mol. The molecule has 0 heterocycles. The van der Waals surface area contributed by atoms with E-state index in [-0.39, 0.29) is 13.2 Å². The highest BCUT2D eigenvalue weighted by Gasteiger charge is 1.74. The largest absolute Gasteiger partial charge is 0.508 e. The summed E-state index contributed by atoms with van der Waals surface area (Å²) in [4.78, 5) is 0. The number of aliphatic hydroxyl groups is 2. The minimum Gasteiger partial charge on any atom is -0.508 e. The minimum atomic E-state index is -0.125. The van der Waals surface area contributed by atoms with Gasteiger partial charge in [-0.15, -0.1) is 13.2 Å². The van der Waals surface area contributed by atoms with E-state index < -0.39 is 0 Å². The van der Waals surface area contributed by atoms with Crippen LogP contribution in [0.1, 0.15) is 0 Å². The molecule has 0 saturated heterocycles. The molecule has 0 amide bonds. The smallest absolute Gasteiger partial charge is 0.115 e. The number of ether oxygens (including phenoxy) is 1. The highest BCUT2D eigenvalue weighted by atomic mass is 16.5. The molecule has 1 aromatic carbocycles. The van der Waals surface area contributed by atoms with Crippen molar-refractivity contribution in [1.82, 2.24) is 0 Å². The minimum absolute atomic E-state index is 0.125. The Morgan fingerprint density at radius 3 is 1.61 bits per heavy atom. The maximum Gasteiger partial charge on any atom is 0.115 e. The number of benzene rings is 1. The van der Waals surface area contributed by atoms with Crippen LogP contribution in [0.3, 0.4) is 0 Å². The van der Waals surface area contributed by atoms with Gasteiger partial charge in [0.05, 0.1) is 26.4 Å². The Kier molecular flexibility index (Phi) is 18.5. The second-order valence-electron chi connectivity index (χ2n) is 2.90. The Hall–Kier alpha value is -1.62. The monoisotopic (exact) mass is 254 g/mol. The number of para-hydroxylation sites is 1. The number of aliphatic hydroxyl groups excluding tert-OH is 2. The third kappa shape index (κ3) is 19.9. The van der Waals surface area contributed by atoms with E-state index in [0.717, 1.165) is 0 Å². The second kappa shape index (κ2) is 17.8. The van der Waals surface area contributed by atoms with E-state index in [2.05, 4.69) is 13.2 Å². The lowest BCUT2D eigenvalue weighted by molar-refractivity contribution is 0.186. The zero-order chi connectivity index (χ0) is 14.1. The highest BCUT2D eigenvalue weighted by molar-refractivity contribution is 5.18. The molecular formula is C14H22O4. The fourth-order valence-electron chi connectivity index (χ4n) is 0.663. The van der Waals surface area contributed by atoms with Gasteiger partial charge in [-0.05, 0) is 12.1 Å². The Balaban J connectivity index is 0. The summed E-state index contributed by atoms with van der Waals surface area (Å²) in [6.45, 7) is 7.93. The molecule has 0 bridgehead atoms. The van der Waals surface area contributed by atoms with Crippen LogP contribution in [0.25, 0.3) is 0 Å². The first-order valence-corrected chi connectivity index (χ1v) is 5.48. The van der Waals surface area contributed by atoms with E-state index in [1.807, 2.05) is 6.07 Å². The summed E-state index contributed by atoms with van der Waals surface area (Å²) in [5.41, 5.74) is 0. The van der Waals surface area contributed by atoms with E-state index in [9.17, 15) is 0 Å². The first-order valence-electron chi connectivity index (χ1n) is 5.48. The molecule has 0 aliphatic heterocycles. The Bertz CT molecular complexity index is 262. The SMILES string of the molecule is C=CCOCC=C.OCCO.Oc1ccccc1. The molecule has 0 aliphatic carbocycles. The maximum absolute atomic E-state index is 8.63. The molecule has 1 rings (SSSR count). The van der Waals surface area contributed by atoms with Gasteiger partial charge < -0.3 is 20.1 Å². The number of hydrogen-bond acceptors (Lipinski definition) is 4. The van der Waals surface area contributed by atoms with Crippen molar-refractivity contribution in [1.29, 1.82) is 0 Å². The standard InChI is InChI=1S/C6H6O.C6H10O.C2H6O2/c7-6-4-2-1-3-5-6;1-3-5-7-6-4-2;3-1-2-4/h1-5,7H;3-4H,1-2,5-6H2;3-4H,1-2H2. The van der Waals surface area contributed by atoms with Gasteiger partial charge in [0.2, 0.25) is 0 Å². The van der Waals surface area contributed by atoms with E-state index in [4.69, 9.17) is 20.1 Å². The summed E-state index contributed by atoms with van der Waals surface area (Å²) in [6, 6.07) is 8.71. The first kappa shape index (κ1) is 18.7. The van der Waals surface area contributed by atoms with Crippen LogP contribution in [0.5, 0.6) is 5.75 Å². The third-order valence-electron chi connectivity index (χ3n) is 1.33. The van der Waals surface area contributed by atoms with E-state index >= 15 is 0 Å². The number of rotatable bonds is 5. The molecule has 3 N–H and O–H groups in total. The molecule has 0 radical (unpaired) electrons. The number of phenolic OH excluding ortho intramolecular Hbond substituents is 1. The quantitative estimate of drug-likeness (QED) is 0.553. The van der Waals surface area contributed by atoms with Gasteiger partial charge in [-0.1, -0.05) is 30.4 Å². The summed E-state index contributed by atoms with van der Waals surface area (Å²) in [5.74, 6) is 0.322. The molecule has 1 aromatic rings. The molecule has 0 aliphatic rings. The zero-order valence-electron chi connectivity index (χ0n) is 10.5. The lowest BCUT2D eigenvalue weighted by Gasteiger charge is -1.89. The van der Waals surface area contributed by atoms with Gasteiger partial charge in [-0.25, -0.2) is 0 Å². The van der Waals surface area contributed by atoms with Gasteiger partial charge in [-0.3, -0.25) is 0 Å². The summed E-state index contributed by atoms with van der Waals surface area (Å²) < 4.78 is 4.90. The molecule has 4 heteroatoms. The Morgan fingerprint density at radius 1 is 0.944 bits per heavy atom. The second-order valence-corrected chi connectivity index (χ2v) is 2.90. The van der Waals surface area contributed by atoms with Crippen molar-refractivity contribution in [2.75, 3.05) is 26.4 Å². The van der Waals surface area contributed by atoms with Gasteiger partial charge in [-0.2, -0.15) is 0 Å². The average Bonchev–Trinajstić information content (AvgIpc) is 2.41. The van der Waals surface area contributed by atoms with Gasteiger partial charge in [0.15, 0.2) is 0 Å². The van der Waals surface area contributed by atoms with Crippen LogP contribution in [-0.2, 0) is 4.74 Å². The van der Waals surface area contributed by atoms with Crippen molar-refractivity contribution >= 4 is 0 Å². The van der Waals surface area contributed by atoms with Crippen molar-refractivity contribution in [2.45, 2.75) is 0 Å². The van der Waals surface area contributed by atoms with Crippen LogP contribution in [0, 0.1) is 0 Å². The molecule has 18 heavy (non-hydrogen) atoms. The summed E-state index contributed by atoms with van der Waals surface area (Å²) in [6.07, 6.45) is 3.42. The van der Waals surface area contributed by atoms with Gasteiger partial charge in [0, 0.05) is 0 Å². The number of aromatic hydroxyl groups is 1. The van der Waals surface area contributed by atoms with Crippen molar-refractivity contribution < 1.29 is 20.1 Å². The lowest BCUT2D eigenvalue weighted by Crippen LogP contribution is -1.87. The topological polar surface area (TPSA) is 69.9 Å². The molecule has 0 atom stereocenters. The molecule has 102 valence electrons. The van der Waals surface area contributed by atoms with E-state index in [1.54, 1.807) is 36.4 Å². The van der Waals surface area contributed by atoms with E-state index in [0.29, 0.717) is 19.0 Å². The van der Waals surface area contributed by atoms with Crippen molar-refractivity contribution in [3.63, 3.8) is 0 Å². The summed E-state index contributed by atoms with van der Waals surface area (Å²) in [7, 11) is 0. The van der Waals surface area contributed by atoms with E-state index in [1.165, 1.54) is 0 Å². The summed E-state index contributed by atoms with van der Waals surface area (Å²) in [5, 5.41) is 23.9. The predicted molar refractivity (Wildman–Crippen MR) is 73.5 cm³/mol. The summed E-state index contributed by atoms with van der Waals surface area (Å²) >= 11 is 0. The molecule has 0 spiro atoms. The van der Waals surface area contributed by atoms with Crippen LogP contribution in [0.2, 0.25) is 0 Å². The Labute approximate surface area is 108 Å². The van der Waals surface area contributed by atoms with Crippen LogP contribution in [0.15, 0.2) is 55.6 Å². The third-order valence-corrected chi connectivity index (χ3v) is 1.33.